The van der Waals surface area contributed by atoms with Gasteiger partial charge in [-0.2, -0.15) is 0 Å². The molecule has 0 spiro atoms. The minimum absolute atomic E-state index is 0.104. The molecule has 0 radical (unpaired) electrons. The second-order valence-electron chi connectivity index (χ2n) is 6.64. The molecule has 1 heterocycles. The van der Waals surface area contributed by atoms with Crippen LogP contribution in [-0.2, 0) is 15.1 Å². The molecule has 1 aliphatic rings. The lowest BCUT2D eigenvalue weighted by Crippen LogP contribution is -2.35. The van der Waals surface area contributed by atoms with Gasteiger partial charge in [0.15, 0.2) is 0 Å². The van der Waals surface area contributed by atoms with E-state index in [1.54, 1.807) is 31.0 Å². The second kappa shape index (κ2) is 7.03. The van der Waals surface area contributed by atoms with Gasteiger partial charge in [0.2, 0.25) is 0 Å². The van der Waals surface area contributed by atoms with Gasteiger partial charge < -0.3 is 9.47 Å². The molecule has 0 aromatic heterocycles. The Balaban J connectivity index is 1.69. The van der Waals surface area contributed by atoms with Crippen molar-refractivity contribution in [2.75, 3.05) is 13.7 Å². The first-order valence-corrected chi connectivity index (χ1v) is 9.57. The van der Waals surface area contributed by atoms with Crippen molar-refractivity contribution < 1.29 is 13.9 Å². The van der Waals surface area contributed by atoms with Crippen molar-refractivity contribution in [3.8, 4) is 0 Å². The van der Waals surface area contributed by atoms with Crippen molar-refractivity contribution >= 4 is 22.5 Å². The molecule has 0 aliphatic carbocycles. The summed E-state index contributed by atoms with van der Waals surface area (Å²) in [7, 11) is 1.67. The zero-order valence-corrected chi connectivity index (χ0v) is 15.7. The number of benzene rings is 3. The van der Waals surface area contributed by atoms with E-state index >= 15 is 0 Å². The maximum absolute atomic E-state index is 14.4. The Morgan fingerprint density at radius 2 is 1.85 bits per heavy atom. The predicted molar refractivity (Wildman–Crippen MR) is 103 cm³/mol. The summed E-state index contributed by atoms with van der Waals surface area (Å²) in [5, 5.41) is 2.38. The topological polar surface area (TPSA) is 18.5 Å². The molecule has 2 unspecified atom stereocenters. The normalized spacial score (nSPS) is 22.8. The molecule has 0 bridgehead atoms. The van der Waals surface area contributed by atoms with E-state index in [0.717, 1.165) is 21.8 Å². The van der Waals surface area contributed by atoms with Gasteiger partial charge in [0.1, 0.15) is 11.4 Å². The van der Waals surface area contributed by atoms with E-state index < -0.39 is 5.60 Å². The maximum atomic E-state index is 14.4. The lowest BCUT2D eigenvalue weighted by Gasteiger charge is -2.31. The molecule has 3 aromatic carbocycles. The molecule has 1 aliphatic heterocycles. The van der Waals surface area contributed by atoms with Crippen LogP contribution in [0.5, 0.6) is 0 Å². The lowest BCUT2D eigenvalue weighted by molar-refractivity contribution is -0.0650. The number of rotatable bonds is 4. The fourth-order valence-electron chi connectivity index (χ4n) is 3.72. The van der Waals surface area contributed by atoms with Gasteiger partial charge in [-0.15, -0.1) is 0 Å². The molecule has 0 N–H and O–H groups in total. The van der Waals surface area contributed by atoms with Gasteiger partial charge in [-0.1, -0.05) is 42.1 Å². The average molecular weight is 368 g/mol. The number of halogens is 1. The van der Waals surface area contributed by atoms with Crippen LogP contribution < -0.4 is 0 Å². The van der Waals surface area contributed by atoms with Crippen molar-refractivity contribution in [3.05, 3.63) is 72.0 Å². The van der Waals surface area contributed by atoms with Crippen LogP contribution in [0.3, 0.4) is 0 Å². The van der Waals surface area contributed by atoms with Crippen molar-refractivity contribution in [2.24, 2.45) is 0 Å². The van der Waals surface area contributed by atoms with Crippen LogP contribution >= 0.6 is 11.8 Å². The lowest BCUT2D eigenvalue weighted by atomic mass is 9.87. The number of hydrogen-bond donors (Lipinski definition) is 0. The van der Waals surface area contributed by atoms with Gasteiger partial charge in [-0.25, -0.2) is 4.39 Å². The molecule has 3 aromatic rings. The van der Waals surface area contributed by atoms with Gasteiger partial charge in [-0.05, 0) is 53.6 Å². The van der Waals surface area contributed by atoms with Gasteiger partial charge in [-0.3, -0.25) is 0 Å². The largest absolute Gasteiger partial charge is 0.375 e. The third-order valence-electron chi connectivity index (χ3n) is 5.18. The summed E-state index contributed by atoms with van der Waals surface area (Å²) in [6, 6.07) is 19.7. The van der Waals surface area contributed by atoms with Crippen LogP contribution in [0.25, 0.3) is 10.8 Å². The standard InChI is InChI=1S/C22H21FO2S/c1-15-22(24-2,9-10-25-15)18-12-19(23)14-21(13-18)26-20-8-7-16-5-3-4-6-17(16)11-20/h3-8,11-15H,9-10H2,1-2H3. The van der Waals surface area contributed by atoms with E-state index in [2.05, 4.69) is 30.3 Å². The number of hydrogen-bond acceptors (Lipinski definition) is 3. The minimum Gasteiger partial charge on any atom is -0.375 e. The summed E-state index contributed by atoms with van der Waals surface area (Å²) in [6.45, 7) is 2.61. The van der Waals surface area contributed by atoms with Gasteiger partial charge >= 0.3 is 0 Å². The van der Waals surface area contributed by atoms with Crippen LogP contribution in [0, 0.1) is 5.82 Å². The van der Waals surface area contributed by atoms with E-state index in [-0.39, 0.29) is 11.9 Å². The van der Waals surface area contributed by atoms with Gasteiger partial charge in [0, 0.05) is 23.3 Å². The summed E-state index contributed by atoms with van der Waals surface area (Å²) >= 11 is 1.56. The van der Waals surface area contributed by atoms with Crippen molar-refractivity contribution in [1.29, 1.82) is 0 Å². The maximum Gasteiger partial charge on any atom is 0.124 e. The zero-order valence-electron chi connectivity index (χ0n) is 14.9. The smallest absolute Gasteiger partial charge is 0.124 e. The Hall–Kier alpha value is -1.88. The zero-order chi connectivity index (χ0) is 18.1. The highest BCUT2D eigenvalue weighted by Gasteiger charge is 2.43. The summed E-state index contributed by atoms with van der Waals surface area (Å²) in [4.78, 5) is 1.95. The van der Waals surface area contributed by atoms with E-state index in [0.29, 0.717) is 6.61 Å². The van der Waals surface area contributed by atoms with Gasteiger partial charge in [0.05, 0.1) is 12.7 Å². The van der Waals surface area contributed by atoms with E-state index in [4.69, 9.17) is 9.47 Å². The molecule has 4 heteroatoms. The molecular formula is C22H21FO2S. The van der Waals surface area contributed by atoms with E-state index in [1.807, 2.05) is 25.1 Å². The van der Waals surface area contributed by atoms with Crippen molar-refractivity contribution in [2.45, 2.75) is 34.8 Å². The Labute approximate surface area is 157 Å². The molecule has 0 amide bonds. The first-order chi connectivity index (χ1) is 12.6. The first kappa shape index (κ1) is 17.5. The molecule has 2 atom stereocenters. The van der Waals surface area contributed by atoms with Crippen molar-refractivity contribution in [3.63, 3.8) is 0 Å². The Kier molecular flexibility index (Phi) is 4.74. The quantitative estimate of drug-likeness (QED) is 0.581. The molecule has 4 rings (SSSR count). The highest BCUT2D eigenvalue weighted by Crippen LogP contribution is 2.41. The fraction of sp³-hybridized carbons (Fsp3) is 0.273. The third-order valence-corrected chi connectivity index (χ3v) is 6.14. The molecule has 1 fully saturated rings. The van der Waals surface area contributed by atoms with Crippen LogP contribution in [-0.4, -0.2) is 19.8 Å². The van der Waals surface area contributed by atoms with Crippen LogP contribution in [0.15, 0.2) is 70.5 Å². The SMILES string of the molecule is COC1(c2cc(F)cc(Sc3ccc4ccccc4c3)c2)CCOC1C. The molecule has 0 saturated carbocycles. The molecule has 26 heavy (non-hydrogen) atoms. The minimum atomic E-state index is -0.583. The van der Waals surface area contributed by atoms with Crippen LogP contribution in [0.1, 0.15) is 18.9 Å². The Morgan fingerprint density at radius 1 is 1.04 bits per heavy atom. The van der Waals surface area contributed by atoms with Crippen LogP contribution in [0.2, 0.25) is 0 Å². The monoisotopic (exact) mass is 368 g/mol. The average Bonchev–Trinajstić information content (AvgIpc) is 3.03. The fourth-order valence-corrected chi connectivity index (χ4v) is 4.67. The third kappa shape index (κ3) is 3.13. The highest BCUT2D eigenvalue weighted by atomic mass is 32.2. The molecule has 134 valence electrons. The Bertz CT molecular complexity index is 942. The summed E-state index contributed by atoms with van der Waals surface area (Å²) in [6.07, 6.45) is 0.626. The Morgan fingerprint density at radius 3 is 2.58 bits per heavy atom. The molecule has 1 saturated heterocycles. The van der Waals surface area contributed by atoms with Crippen LogP contribution in [0.4, 0.5) is 4.39 Å². The van der Waals surface area contributed by atoms with E-state index in [1.165, 1.54) is 10.8 Å². The summed E-state index contributed by atoms with van der Waals surface area (Å²) in [5.74, 6) is -0.249. The van der Waals surface area contributed by atoms with E-state index in [9.17, 15) is 4.39 Å². The van der Waals surface area contributed by atoms with Crippen molar-refractivity contribution in [1.82, 2.24) is 0 Å². The molecular weight excluding hydrogens is 347 g/mol. The number of methoxy groups -OCH3 is 1. The molecule has 2 nitrogen and oxygen atoms in total. The highest BCUT2D eigenvalue weighted by molar-refractivity contribution is 7.99. The predicted octanol–water partition coefficient (Wildman–Crippen LogP) is 5.78. The number of ether oxygens (including phenoxy) is 2. The number of fused-ring (bicyclic) bond motifs is 1. The summed E-state index contributed by atoms with van der Waals surface area (Å²) in [5.41, 5.74) is 0.258. The summed E-state index contributed by atoms with van der Waals surface area (Å²) < 4.78 is 25.9. The first-order valence-electron chi connectivity index (χ1n) is 8.75. The van der Waals surface area contributed by atoms with Gasteiger partial charge in [0.25, 0.3) is 0 Å². The second-order valence-corrected chi connectivity index (χ2v) is 7.79.